The Hall–Kier alpha value is -3.01. The van der Waals surface area contributed by atoms with Gasteiger partial charge < -0.3 is 15.6 Å². The third-order valence-electron chi connectivity index (χ3n) is 3.72. The largest absolute Gasteiger partial charge is 0.393 e. The number of hydrogen-bond acceptors (Lipinski definition) is 3. The standard InChI is InChI=1S/C19H19N3O/c20-18-17(21-13-15-7-3-1-4-8-15)11-12-22(19(18)23)14-16-9-5-2-6-10-16/h1-12,21H,13-14,20H2. The van der Waals surface area contributed by atoms with Crippen LogP contribution < -0.4 is 16.6 Å². The van der Waals surface area contributed by atoms with E-state index < -0.39 is 0 Å². The van der Waals surface area contributed by atoms with Crippen molar-refractivity contribution in [3.8, 4) is 0 Å². The summed E-state index contributed by atoms with van der Waals surface area (Å²) in [6, 6.07) is 21.7. The Morgan fingerprint density at radius 1 is 0.870 bits per heavy atom. The lowest BCUT2D eigenvalue weighted by Gasteiger charge is -2.12. The van der Waals surface area contributed by atoms with Crippen LogP contribution in [-0.4, -0.2) is 4.57 Å². The number of nitrogens with two attached hydrogens (primary N) is 1. The zero-order valence-electron chi connectivity index (χ0n) is 12.8. The number of nitrogens with one attached hydrogen (secondary N) is 1. The van der Waals surface area contributed by atoms with E-state index in [9.17, 15) is 4.79 Å². The van der Waals surface area contributed by atoms with Crippen molar-refractivity contribution in [1.82, 2.24) is 4.57 Å². The van der Waals surface area contributed by atoms with Gasteiger partial charge in [0.25, 0.3) is 5.56 Å². The molecule has 0 saturated carbocycles. The summed E-state index contributed by atoms with van der Waals surface area (Å²) in [6.07, 6.45) is 1.78. The Morgan fingerprint density at radius 2 is 1.48 bits per heavy atom. The van der Waals surface area contributed by atoms with Gasteiger partial charge in [-0.15, -0.1) is 0 Å². The average Bonchev–Trinajstić information content (AvgIpc) is 2.60. The van der Waals surface area contributed by atoms with Gasteiger partial charge in [-0.25, -0.2) is 0 Å². The second-order valence-corrected chi connectivity index (χ2v) is 5.40. The zero-order valence-corrected chi connectivity index (χ0v) is 12.8. The second kappa shape index (κ2) is 6.83. The van der Waals surface area contributed by atoms with Gasteiger partial charge in [-0.1, -0.05) is 60.7 Å². The Balaban J connectivity index is 1.76. The van der Waals surface area contributed by atoms with Gasteiger partial charge in [-0.05, 0) is 17.2 Å². The van der Waals surface area contributed by atoms with Crippen molar-refractivity contribution in [3.63, 3.8) is 0 Å². The molecule has 0 saturated heterocycles. The maximum Gasteiger partial charge on any atom is 0.276 e. The molecule has 0 bridgehead atoms. The van der Waals surface area contributed by atoms with E-state index in [4.69, 9.17) is 5.73 Å². The lowest BCUT2D eigenvalue weighted by Crippen LogP contribution is -2.24. The van der Waals surface area contributed by atoms with Crippen molar-refractivity contribution in [2.24, 2.45) is 0 Å². The van der Waals surface area contributed by atoms with E-state index in [1.807, 2.05) is 66.7 Å². The molecule has 0 aliphatic carbocycles. The third kappa shape index (κ3) is 3.61. The minimum Gasteiger partial charge on any atom is -0.393 e. The Labute approximate surface area is 135 Å². The molecule has 0 spiro atoms. The zero-order chi connectivity index (χ0) is 16.1. The van der Waals surface area contributed by atoms with Gasteiger partial charge in [0.05, 0.1) is 12.2 Å². The van der Waals surface area contributed by atoms with Gasteiger partial charge in [0, 0.05) is 12.7 Å². The maximum absolute atomic E-state index is 12.4. The molecule has 0 atom stereocenters. The van der Waals surface area contributed by atoms with Crippen LogP contribution in [0.5, 0.6) is 0 Å². The van der Waals surface area contributed by atoms with E-state index in [-0.39, 0.29) is 11.2 Å². The van der Waals surface area contributed by atoms with Crippen LogP contribution in [-0.2, 0) is 13.1 Å². The molecule has 3 rings (SSSR count). The van der Waals surface area contributed by atoms with Crippen LogP contribution >= 0.6 is 0 Å². The van der Waals surface area contributed by atoms with Crippen molar-refractivity contribution in [2.75, 3.05) is 11.1 Å². The predicted octanol–water partition coefficient (Wildman–Crippen LogP) is 3.09. The number of pyridine rings is 1. The summed E-state index contributed by atoms with van der Waals surface area (Å²) >= 11 is 0. The molecule has 1 heterocycles. The Morgan fingerprint density at radius 3 is 2.13 bits per heavy atom. The first-order valence-corrected chi connectivity index (χ1v) is 7.54. The van der Waals surface area contributed by atoms with Gasteiger partial charge in [-0.3, -0.25) is 4.79 Å². The quantitative estimate of drug-likeness (QED) is 0.761. The van der Waals surface area contributed by atoms with Crippen LogP contribution in [0.1, 0.15) is 11.1 Å². The fourth-order valence-corrected chi connectivity index (χ4v) is 2.44. The first-order valence-electron chi connectivity index (χ1n) is 7.54. The first kappa shape index (κ1) is 14.9. The Bertz CT molecular complexity index is 826. The molecule has 116 valence electrons. The van der Waals surface area contributed by atoms with Gasteiger partial charge in [0.1, 0.15) is 5.69 Å². The summed E-state index contributed by atoms with van der Waals surface area (Å²) < 4.78 is 1.62. The normalized spacial score (nSPS) is 10.4. The minimum atomic E-state index is -0.174. The molecule has 4 heteroatoms. The minimum absolute atomic E-state index is 0.174. The maximum atomic E-state index is 12.4. The average molecular weight is 305 g/mol. The van der Waals surface area contributed by atoms with Crippen molar-refractivity contribution in [1.29, 1.82) is 0 Å². The fraction of sp³-hybridized carbons (Fsp3) is 0.105. The smallest absolute Gasteiger partial charge is 0.276 e. The lowest BCUT2D eigenvalue weighted by molar-refractivity contribution is 0.762. The summed E-state index contributed by atoms with van der Waals surface area (Å²) in [4.78, 5) is 12.4. The molecule has 3 aromatic rings. The SMILES string of the molecule is Nc1c(NCc2ccccc2)ccn(Cc2ccccc2)c1=O. The summed E-state index contributed by atoms with van der Waals surface area (Å²) in [5, 5.41) is 3.22. The van der Waals surface area contributed by atoms with Crippen molar-refractivity contribution < 1.29 is 0 Å². The molecule has 0 amide bonds. The summed E-state index contributed by atoms with van der Waals surface area (Å²) in [7, 11) is 0. The molecule has 3 N–H and O–H groups in total. The molecular weight excluding hydrogens is 286 g/mol. The number of nitrogens with zero attached hydrogens (tertiary/aromatic N) is 1. The molecular formula is C19H19N3O. The van der Waals surface area contributed by atoms with E-state index >= 15 is 0 Å². The van der Waals surface area contributed by atoms with E-state index in [1.165, 1.54) is 0 Å². The number of anilines is 2. The molecule has 0 aliphatic rings. The van der Waals surface area contributed by atoms with E-state index in [0.29, 0.717) is 18.8 Å². The third-order valence-corrected chi connectivity index (χ3v) is 3.72. The van der Waals surface area contributed by atoms with E-state index in [1.54, 1.807) is 10.8 Å². The molecule has 0 unspecified atom stereocenters. The monoisotopic (exact) mass is 305 g/mol. The van der Waals surface area contributed by atoms with E-state index in [0.717, 1.165) is 11.1 Å². The molecule has 0 aliphatic heterocycles. The summed E-state index contributed by atoms with van der Waals surface area (Å²) in [5.74, 6) is 0. The van der Waals surface area contributed by atoms with Gasteiger partial charge in [-0.2, -0.15) is 0 Å². The van der Waals surface area contributed by atoms with E-state index in [2.05, 4.69) is 5.32 Å². The van der Waals surface area contributed by atoms with Crippen LogP contribution in [0.2, 0.25) is 0 Å². The summed E-state index contributed by atoms with van der Waals surface area (Å²) in [5.41, 5.74) is 8.96. The lowest BCUT2D eigenvalue weighted by atomic mass is 10.2. The molecule has 23 heavy (non-hydrogen) atoms. The Kier molecular flexibility index (Phi) is 4.43. The highest BCUT2D eigenvalue weighted by Gasteiger charge is 2.07. The van der Waals surface area contributed by atoms with Gasteiger partial charge >= 0.3 is 0 Å². The fourth-order valence-electron chi connectivity index (χ4n) is 2.44. The summed E-state index contributed by atoms with van der Waals surface area (Å²) in [6.45, 7) is 1.15. The number of hydrogen-bond donors (Lipinski definition) is 2. The molecule has 4 nitrogen and oxygen atoms in total. The molecule has 0 fully saturated rings. The molecule has 1 aromatic heterocycles. The van der Waals surface area contributed by atoms with Crippen LogP contribution in [0.15, 0.2) is 77.7 Å². The van der Waals surface area contributed by atoms with Crippen LogP contribution in [0.4, 0.5) is 11.4 Å². The number of nitrogen functional groups attached to an aromatic ring is 1. The van der Waals surface area contributed by atoms with Crippen molar-refractivity contribution in [3.05, 3.63) is 94.4 Å². The molecule has 0 radical (unpaired) electrons. The van der Waals surface area contributed by atoms with Crippen molar-refractivity contribution in [2.45, 2.75) is 13.1 Å². The predicted molar refractivity (Wildman–Crippen MR) is 94.4 cm³/mol. The van der Waals surface area contributed by atoms with Crippen LogP contribution in [0, 0.1) is 0 Å². The number of aromatic nitrogens is 1. The van der Waals surface area contributed by atoms with Gasteiger partial charge in [0.15, 0.2) is 0 Å². The topological polar surface area (TPSA) is 60.0 Å². The highest BCUT2D eigenvalue weighted by molar-refractivity contribution is 5.64. The second-order valence-electron chi connectivity index (χ2n) is 5.40. The van der Waals surface area contributed by atoms with Crippen LogP contribution in [0.3, 0.4) is 0 Å². The molecule has 2 aromatic carbocycles. The first-order chi connectivity index (χ1) is 11.2. The van der Waals surface area contributed by atoms with Crippen LogP contribution in [0.25, 0.3) is 0 Å². The number of benzene rings is 2. The van der Waals surface area contributed by atoms with Crippen molar-refractivity contribution >= 4 is 11.4 Å². The highest BCUT2D eigenvalue weighted by Crippen LogP contribution is 2.15. The number of rotatable bonds is 5. The highest BCUT2D eigenvalue weighted by atomic mass is 16.1. The van der Waals surface area contributed by atoms with Gasteiger partial charge in [0.2, 0.25) is 0 Å².